The number of ether oxygens (including phenoxy) is 3. The molecule has 8 heteroatoms. The highest BCUT2D eigenvalue weighted by Crippen LogP contribution is 2.30. The number of carbonyl (C=O) groups is 1. The Morgan fingerprint density at radius 2 is 1.96 bits per heavy atom. The molecule has 0 aromatic heterocycles. The first-order chi connectivity index (χ1) is 13.5. The number of hydrazone groups is 1. The van der Waals surface area contributed by atoms with Crippen molar-refractivity contribution in [3.63, 3.8) is 0 Å². The first-order valence-electron chi connectivity index (χ1n) is 8.84. The number of halogens is 1. The quantitative estimate of drug-likeness (QED) is 0.732. The Morgan fingerprint density at radius 3 is 2.61 bits per heavy atom. The summed E-state index contributed by atoms with van der Waals surface area (Å²) < 4.78 is 28.4. The highest BCUT2D eigenvalue weighted by Gasteiger charge is 2.31. The van der Waals surface area contributed by atoms with Gasteiger partial charge in [-0.3, -0.25) is 0 Å². The van der Waals surface area contributed by atoms with Crippen LogP contribution in [0.4, 0.5) is 14.9 Å². The summed E-state index contributed by atoms with van der Waals surface area (Å²) in [7, 11) is 1.48. The van der Waals surface area contributed by atoms with Crippen LogP contribution in [0.5, 0.6) is 11.5 Å². The fourth-order valence-corrected chi connectivity index (χ4v) is 2.90. The Morgan fingerprint density at radius 1 is 1.21 bits per heavy atom. The fourth-order valence-electron chi connectivity index (χ4n) is 2.90. The van der Waals surface area contributed by atoms with Crippen LogP contribution in [0, 0.1) is 0 Å². The first-order valence-corrected chi connectivity index (χ1v) is 8.84. The van der Waals surface area contributed by atoms with E-state index < -0.39 is 19.1 Å². The minimum Gasteiger partial charge on any atom is -0.493 e. The average molecular weight is 387 g/mol. The van der Waals surface area contributed by atoms with Crippen molar-refractivity contribution < 1.29 is 23.4 Å². The Kier molecular flexibility index (Phi) is 5.98. The molecule has 2 aromatic rings. The Balaban J connectivity index is 1.95. The molecule has 0 saturated carbocycles. The number of carbonyl (C=O) groups excluding carboxylic acids is 1. The van der Waals surface area contributed by atoms with Gasteiger partial charge in [-0.2, -0.15) is 10.1 Å². The van der Waals surface area contributed by atoms with Gasteiger partial charge < -0.3 is 19.9 Å². The summed E-state index contributed by atoms with van der Waals surface area (Å²) in [6, 6.07) is 12.2. The number of nitrogens with two attached hydrogens (primary N) is 1. The molecule has 1 atom stereocenters. The Hall–Kier alpha value is -3.29. The number of rotatable bonds is 7. The van der Waals surface area contributed by atoms with Crippen molar-refractivity contribution >= 4 is 17.5 Å². The second-order valence-electron chi connectivity index (χ2n) is 6.18. The van der Waals surface area contributed by atoms with Crippen molar-refractivity contribution in [2.24, 2.45) is 5.10 Å². The second-order valence-corrected chi connectivity index (χ2v) is 6.18. The van der Waals surface area contributed by atoms with Crippen molar-refractivity contribution in [1.82, 2.24) is 5.01 Å². The number of amides is 1. The first kappa shape index (κ1) is 19.5. The second kappa shape index (κ2) is 8.60. The number of cyclic esters (lactones) is 1. The van der Waals surface area contributed by atoms with Crippen LogP contribution in [0.2, 0.25) is 0 Å². The molecule has 0 spiro atoms. The summed E-state index contributed by atoms with van der Waals surface area (Å²) in [5, 5.41) is 5.77. The van der Waals surface area contributed by atoms with Crippen LogP contribution >= 0.6 is 0 Å². The van der Waals surface area contributed by atoms with Crippen molar-refractivity contribution in [3.05, 3.63) is 53.6 Å². The molecule has 3 rings (SSSR count). The summed E-state index contributed by atoms with van der Waals surface area (Å²) in [6.07, 6.45) is -0.492. The smallest absolute Gasteiger partial charge is 0.431 e. The van der Waals surface area contributed by atoms with Crippen LogP contribution in [0.3, 0.4) is 0 Å². The lowest BCUT2D eigenvalue weighted by Crippen LogP contribution is -2.41. The number of hydrogen-bond donors (Lipinski definition) is 1. The van der Waals surface area contributed by atoms with E-state index in [1.54, 1.807) is 30.3 Å². The molecule has 2 N–H and O–H groups in total. The molecule has 0 bridgehead atoms. The lowest BCUT2D eigenvalue weighted by atomic mass is 10.0. The lowest BCUT2D eigenvalue weighted by Gasteiger charge is -2.29. The van der Waals surface area contributed by atoms with Crippen molar-refractivity contribution in [3.8, 4) is 11.5 Å². The summed E-state index contributed by atoms with van der Waals surface area (Å²) in [6.45, 7) is 1.15. The van der Waals surface area contributed by atoms with Gasteiger partial charge in [0.1, 0.15) is 11.8 Å². The van der Waals surface area contributed by atoms with Crippen LogP contribution in [0.15, 0.2) is 47.6 Å². The van der Waals surface area contributed by atoms with Gasteiger partial charge in [-0.05, 0) is 42.3 Å². The minimum atomic E-state index is -0.984. The van der Waals surface area contributed by atoms with E-state index >= 15 is 0 Å². The third kappa shape index (κ3) is 4.16. The molecule has 0 aliphatic carbocycles. The molecule has 1 heterocycles. The molecule has 28 heavy (non-hydrogen) atoms. The van der Waals surface area contributed by atoms with E-state index in [9.17, 15) is 9.18 Å². The zero-order valence-corrected chi connectivity index (χ0v) is 15.7. The molecule has 1 amide bonds. The monoisotopic (exact) mass is 387 g/mol. The number of benzene rings is 2. The summed E-state index contributed by atoms with van der Waals surface area (Å²) in [5.41, 5.74) is 8.42. The average Bonchev–Trinajstić information content (AvgIpc) is 2.71. The predicted octanol–water partition coefficient (Wildman–Crippen LogP) is 3.72. The normalized spacial score (nSPS) is 16.4. The van der Waals surface area contributed by atoms with E-state index in [2.05, 4.69) is 5.10 Å². The predicted molar refractivity (Wildman–Crippen MR) is 103 cm³/mol. The van der Waals surface area contributed by atoms with Crippen molar-refractivity contribution in [2.75, 3.05) is 19.7 Å². The van der Waals surface area contributed by atoms with E-state index in [1.165, 1.54) is 12.1 Å². The molecule has 1 aliphatic heterocycles. The topological polar surface area (TPSA) is 86.4 Å². The SMILES string of the molecule is CCC1OC(=O)N(Cc2ccc(N)cc2)N=C1c1ccc(OC)c(OCF)c1. The largest absolute Gasteiger partial charge is 0.493 e. The Labute approximate surface area is 162 Å². The van der Waals surface area contributed by atoms with E-state index in [-0.39, 0.29) is 12.3 Å². The van der Waals surface area contributed by atoms with Gasteiger partial charge in [-0.1, -0.05) is 19.1 Å². The molecule has 1 aliphatic rings. The summed E-state index contributed by atoms with van der Waals surface area (Å²) >= 11 is 0. The Bertz CT molecular complexity index is 870. The molecular weight excluding hydrogens is 365 g/mol. The van der Waals surface area contributed by atoms with Crippen LogP contribution in [-0.4, -0.2) is 36.9 Å². The number of alkyl halides is 1. The molecule has 0 fully saturated rings. The van der Waals surface area contributed by atoms with Crippen LogP contribution < -0.4 is 15.2 Å². The van der Waals surface area contributed by atoms with Crippen LogP contribution in [0.25, 0.3) is 0 Å². The molecule has 7 nitrogen and oxygen atoms in total. The van der Waals surface area contributed by atoms with Gasteiger partial charge in [0.15, 0.2) is 11.5 Å². The number of nitrogens with zero attached hydrogens (tertiary/aromatic N) is 2. The standard InChI is InChI=1S/C20H22FN3O4/c1-3-16-19(14-6-9-17(26-2)18(10-14)27-12-21)23-24(20(25)28-16)11-13-4-7-15(22)8-5-13/h4-10,16H,3,11-12,22H2,1-2H3. The maximum absolute atomic E-state index is 12.7. The van der Waals surface area contributed by atoms with E-state index in [4.69, 9.17) is 19.9 Å². The molecule has 148 valence electrons. The van der Waals surface area contributed by atoms with Crippen molar-refractivity contribution in [2.45, 2.75) is 26.0 Å². The van der Waals surface area contributed by atoms with Gasteiger partial charge in [0, 0.05) is 11.3 Å². The van der Waals surface area contributed by atoms with E-state index in [0.29, 0.717) is 29.1 Å². The van der Waals surface area contributed by atoms with Crippen LogP contribution in [0.1, 0.15) is 24.5 Å². The van der Waals surface area contributed by atoms with E-state index in [1.807, 2.05) is 19.1 Å². The third-order valence-corrected chi connectivity index (χ3v) is 4.34. The van der Waals surface area contributed by atoms with Gasteiger partial charge in [0.05, 0.1) is 13.7 Å². The zero-order valence-electron chi connectivity index (χ0n) is 15.7. The highest BCUT2D eigenvalue weighted by atomic mass is 19.1. The van der Waals surface area contributed by atoms with E-state index in [0.717, 1.165) is 5.56 Å². The van der Waals surface area contributed by atoms with Gasteiger partial charge in [0.25, 0.3) is 0 Å². The summed E-state index contributed by atoms with van der Waals surface area (Å²) in [4.78, 5) is 12.4. The van der Waals surface area contributed by atoms with Crippen LogP contribution in [-0.2, 0) is 11.3 Å². The number of anilines is 1. The molecule has 1 unspecified atom stereocenters. The number of methoxy groups -OCH3 is 1. The van der Waals surface area contributed by atoms with Gasteiger partial charge >= 0.3 is 6.09 Å². The molecule has 2 aromatic carbocycles. The van der Waals surface area contributed by atoms with Crippen molar-refractivity contribution in [1.29, 1.82) is 0 Å². The molecular formula is C20H22FN3O4. The molecule has 0 radical (unpaired) electrons. The maximum atomic E-state index is 12.7. The highest BCUT2D eigenvalue weighted by molar-refractivity contribution is 6.06. The maximum Gasteiger partial charge on any atom is 0.431 e. The molecule has 0 saturated heterocycles. The lowest BCUT2D eigenvalue weighted by molar-refractivity contribution is 0.0712. The zero-order chi connectivity index (χ0) is 20.1. The number of hydrogen-bond acceptors (Lipinski definition) is 6. The minimum absolute atomic E-state index is 0.239. The third-order valence-electron chi connectivity index (χ3n) is 4.34. The number of nitrogen functional groups attached to an aromatic ring is 1. The summed E-state index contributed by atoms with van der Waals surface area (Å²) in [5.74, 6) is 0.656. The van der Waals surface area contributed by atoms with Gasteiger partial charge in [-0.15, -0.1) is 0 Å². The van der Waals surface area contributed by atoms with Gasteiger partial charge in [-0.25, -0.2) is 9.18 Å². The fraction of sp³-hybridized carbons (Fsp3) is 0.300. The van der Waals surface area contributed by atoms with Gasteiger partial charge in [0.2, 0.25) is 6.86 Å².